The van der Waals surface area contributed by atoms with E-state index in [0.717, 1.165) is 29.0 Å². The van der Waals surface area contributed by atoms with Gasteiger partial charge in [-0.05, 0) is 37.1 Å². The molecule has 2 rings (SSSR count). The number of anilines is 2. The highest BCUT2D eigenvalue weighted by Gasteiger charge is 2.02. The first-order valence-electron chi connectivity index (χ1n) is 7.04. The van der Waals surface area contributed by atoms with E-state index < -0.39 is 0 Å². The minimum atomic E-state index is 0.589. The van der Waals surface area contributed by atoms with E-state index in [1.165, 1.54) is 0 Å². The van der Waals surface area contributed by atoms with E-state index in [0.29, 0.717) is 24.6 Å². The highest BCUT2D eigenvalue weighted by atomic mass is 16.5. The molecule has 0 spiro atoms. The Morgan fingerprint density at radius 2 is 1.19 bits per heavy atom. The molecule has 0 aliphatic carbocycles. The number of nitrogens with two attached hydrogens (primary N) is 2. The maximum Gasteiger partial charge on any atom is 0.124 e. The fraction of sp³-hybridized carbons (Fsp3) is 0.294. The van der Waals surface area contributed by atoms with E-state index in [-0.39, 0.29) is 0 Å². The van der Waals surface area contributed by atoms with Crippen molar-refractivity contribution in [3.63, 3.8) is 0 Å². The largest absolute Gasteiger partial charge is 0.493 e. The lowest BCUT2D eigenvalue weighted by Gasteiger charge is -2.12. The molecule has 0 unspecified atom stereocenters. The van der Waals surface area contributed by atoms with Crippen LogP contribution in [-0.2, 0) is 0 Å². The first-order valence-corrected chi connectivity index (χ1v) is 7.04. The van der Waals surface area contributed by atoms with Crippen LogP contribution in [0.15, 0.2) is 36.4 Å². The Kier molecular flexibility index (Phi) is 4.93. The summed E-state index contributed by atoms with van der Waals surface area (Å²) in [6, 6.07) is 11.3. The van der Waals surface area contributed by atoms with Crippen molar-refractivity contribution in [1.29, 1.82) is 0 Å². The molecule has 2 aromatic carbocycles. The molecule has 4 N–H and O–H groups in total. The van der Waals surface area contributed by atoms with Gasteiger partial charge in [-0.3, -0.25) is 0 Å². The lowest BCUT2D eigenvalue weighted by molar-refractivity contribution is 0.246. The zero-order valence-electron chi connectivity index (χ0n) is 12.6. The van der Waals surface area contributed by atoms with E-state index in [2.05, 4.69) is 0 Å². The molecule has 21 heavy (non-hydrogen) atoms. The summed E-state index contributed by atoms with van der Waals surface area (Å²) in [4.78, 5) is 0. The predicted octanol–water partition coefficient (Wildman–Crippen LogP) is 3.32. The van der Waals surface area contributed by atoms with Gasteiger partial charge in [0.2, 0.25) is 0 Å². The maximum atomic E-state index is 5.75. The fourth-order valence-corrected chi connectivity index (χ4v) is 1.97. The molecule has 0 bridgehead atoms. The van der Waals surface area contributed by atoms with Crippen LogP contribution in [0.4, 0.5) is 11.4 Å². The molecule has 4 heteroatoms. The third-order valence-electron chi connectivity index (χ3n) is 3.23. The standard InChI is InChI=1S/C17H22N2O2/c1-12-4-6-14(18)10-16(12)20-8-3-9-21-17-11-15(19)7-5-13(17)2/h4-7,10-11H,3,8-9,18-19H2,1-2H3. The van der Waals surface area contributed by atoms with Crippen molar-refractivity contribution in [2.75, 3.05) is 24.7 Å². The van der Waals surface area contributed by atoms with Gasteiger partial charge in [-0.1, -0.05) is 12.1 Å². The molecular weight excluding hydrogens is 264 g/mol. The number of nitrogen functional groups attached to an aromatic ring is 2. The average molecular weight is 286 g/mol. The van der Waals surface area contributed by atoms with E-state index >= 15 is 0 Å². The van der Waals surface area contributed by atoms with Gasteiger partial charge in [0.15, 0.2) is 0 Å². The van der Waals surface area contributed by atoms with Crippen LogP contribution in [0, 0.1) is 13.8 Å². The van der Waals surface area contributed by atoms with Gasteiger partial charge in [-0.2, -0.15) is 0 Å². The minimum Gasteiger partial charge on any atom is -0.493 e. The van der Waals surface area contributed by atoms with Crippen LogP contribution in [0.2, 0.25) is 0 Å². The molecule has 0 atom stereocenters. The van der Waals surface area contributed by atoms with Crippen molar-refractivity contribution >= 4 is 11.4 Å². The van der Waals surface area contributed by atoms with Crippen LogP contribution in [0.1, 0.15) is 17.5 Å². The molecule has 0 radical (unpaired) electrons. The summed E-state index contributed by atoms with van der Waals surface area (Å²) < 4.78 is 11.4. The normalized spacial score (nSPS) is 10.4. The summed E-state index contributed by atoms with van der Waals surface area (Å²) in [6.07, 6.45) is 0.794. The summed E-state index contributed by atoms with van der Waals surface area (Å²) >= 11 is 0. The van der Waals surface area contributed by atoms with Crippen LogP contribution >= 0.6 is 0 Å². The lowest BCUT2D eigenvalue weighted by Crippen LogP contribution is -2.06. The van der Waals surface area contributed by atoms with E-state index in [9.17, 15) is 0 Å². The highest BCUT2D eigenvalue weighted by Crippen LogP contribution is 2.22. The summed E-state index contributed by atoms with van der Waals surface area (Å²) in [7, 11) is 0. The first-order chi connectivity index (χ1) is 10.1. The number of hydrogen-bond donors (Lipinski definition) is 2. The molecule has 2 aromatic rings. The van der Waals surface area contributed by atoms with Crippen molar-refractivity contribution in [1.82, 2.24) is 0 Å². The molecule has 0 saturated carbocycles. The Balaban J connectivity index is 1.77. The van der Waals surface area contributed by atoms with Crippen molar-refractivity contribution in [3.8, 4) is 11.5 Å². The van der Waals surface area contributed by atoms with Crippen LogP contribution < -0.4 is 20.9 Å². The van der Waals surface area contributed by atoms with Gasteiger partial charge in [-0.15, -0.1) is 0 Å². The highest BCUT2D eigenvalue weighted by molar-refractivity contribution is 5.48. The topological polar surface area (TPSA) is 70.5 Å². The number of aryl methyl sites for hydroxylation is 2. The molecule has 0 fully saturated rings. The van der Waals surface area contributed by atoms with Crippen molar-refractivity contribution < 1.29 is 9.47 Å². The number of hydrogen-bond acceptors (Lipinski definition) is 4. The van der Waals surface area contributed by atoms with Gasteiger partial charge in [0.25, 0.3) is 0 Å². The van der Waals surface area contributed by atoms with Crippen molar-refractivity contribution in [2.45, 2.75) is 20.3 Å². The molecular formula is C17H22N2O2. The molecule has 0 aliphatic heterocycles. The summed E-state index contributed by atoms with van der Waals surface area (Å²) in [5.41, 5.74) is 15.1. The molecule has 112 valence electrons. The molecule has 0 heterocycles. The predicted molar refractivity (Wildman–Crippen MR) is 86.8 cm³/mol. The number of ether oxygens (including phenoxy) is 2. The summed E-state index contributed by atoms with van der Waals surface area (Å²) in [5.74, 6) is 1.66. The zero-order chi connectivity index (χ0) is 15.2. The zero-order valence-corrected chi connectivity index (χ0v) is 12.6. The van der Waals surface area contributed by atoms with Crippen LogP contribution in [0.3, 0.4) is 0 Å². The van der Waals surface area contributed by atoms with Gasteiger partial charge in [-0.25, -0.2) is 0 Å². The summed E-state index contributed by atoms with van der Waals surface area (Å²) in [6.45, 7) is 5.18. The summed E-state index contributed by atoms with van der Waals surface area (Å²) in [5, 5.41) is 0. The number of rotatable bonds is 6. The third kappa shape index (κ3) is 4.31. The second-order valence-corrected chi connectivity index (χ2v) is 5.10. The first kappa shape index (κ1) is 15.0. The van der Waals surface area contributed by atoms with Gasteiger partial charge in [0.1, 0.15) is 11.5 Å². The lowest BCUT2D eigenvalue weighted by atomic mass is 10.2. The minimum absolute atomic E-state index is 0.589. The third-order valence-corrected chi connectivity index (χ3v) is 3.23. The van der Waals surface area contributed by atoms with E-state index in [1.54, 1.807) is 0 Å². The van der Waals surface area contributed by atoms with Gasteiger partial charge >= 0.3 is 0 Å². The molecule has 4 nitrogen and oxygen atoms in total. The Morgan fingerprint density at radius 3 is 1.62 bits per heavy atom. The monoisotopic (exact) mass is 286 g/mol. The second kappa shape index (κ2) is 6.88. The van der Waals surface area contributed by atoms with Gasteiger partial charge in [0, 0.05) is 29.9 Å². The SMILES string of the molecule is Cc1ccc(N)cc1OCCCOc1cc(N)ccc1C. The van der Waals surface area contributed by atoms with Crippen LogP contribution in [0.25, 0.3) is 0 Å². The molecule has 0 aromatic heterocycles. The molecule has 0 amide bonds. The smallest absolute Gasteiger partial charge is 0.124 e. The Morgan fingerprint density at radius 1 is 0.762 bits per heavy atom. The maximum absolute atomic E-state index is 5.75. The van der Waals surface area contributed by atoms with Crippen LogP contribution in [0.5, 0.6) is 11.5 Å². The Bertz CT molecular complexity index is 558. The Hall–Kier alpha value is -2.36. The van der Waals surface area contributed by atoms with Crippen molar-refractivity contribution in [3.05, 3.63) is 47.5 Å². The number of benzene rings is 2. The van der Waals surface area contributed by atoms with E-state index in [4.69, 9.17) is 20.9 Å². The average Bonchev–Trinajstić information content (AvgIpc) is 2.45. The Labute approximate surface area is 125 Å². The van der Waals surface area contributed by atoms with E-state index in [1.807, 2.05) is 50.2 Å². The second-order valence-electron chi connectivity index (χ2n) is 5.10. The quantitative estimate of drug-likeness (QED) is 0.631. The molecule has 0 aliphatic rings. The fourth-order valence-electron chi connectivity index (χ4n) is 1.97. The van der Waals surface area contributed by atoms with Gasteiger partial charge in [0.05, 0.1) is 13.2 Å². The molecule has 0 saturated heterocycles. The van der Waals surface area contributed by atoms with Crippen LogP contribution in [-0.4, -0.2) is 13.2 Å². The van der Waals surface area contributed by atoms with Crippen molar-refractivity contribution in [2.24, 2.45) is 0 Å². The van der Waals surface area contributed by atoms with Gasteiger partial charge < -0.3 is 20.9 Å².